The summed E-state index contributed by atoms with van der Waals surface area (Å²) in [6.07, 6.45) is 0.372. The number of aromatic nitrogens is 1. The number of fused-ring (bicyclic) bond motifs is 3. The molecule has 0 N–H and O–H groups in total. The fraction of sp³-hybridized carbons (Fsp3) is 0.333. The zero-order valence-electron chi connectivity index (χ0n) is 13.6. The molecule has 3 aromatic rings. The highest BCUT2D eigenvalue weighted by Crippen LogP contribution is 2.48. The van der Waals surface area contributed by atoms with Crippen molar-refractivity contribution in [3.8, 4) is 0 Å². The minimum absolute atomic E-state index is 0.372. The van der Waals surface area contributed by atoms with Gasteiger partial charge in [-0.25, -0.2) is 0 Å². The minimum atomic E-state index is -3.04. The molecular formula is C18H22NO3P. The highest BCUT2D eigenvalue weighted by atomic mass is 31.2. The summed E-state index contributed by atoms with van der Waals surface area (Å²) in [5, 5.41) is 2.43. The Bertz CT molecular complexity index is 792. The maximum atomic E-state index is 12.7. The van der Waals surface area contributed by atoms with Crippen LogP contribution in [-0.2, 0) is 20.2 Å². The van der Waals surface area contributed by atoms with Crippen molar-refractivity contribution in [1.29, 1.82) is 0 Å². The number of benzene rings is 2. The molecule has 0 unspecified atom stereocenters. The van der Waals surface area contributed by atoms with E-state index in [2.05, 4.69) is 28.8 Å². The zero-order valence-corrected chi connectivity index (χ0v) is 14.5. The maximum Gasteiger partial charge on any atom is 0.332 e. The van der Waals surface area contributed by atoms with Gasteiger partial charge in [0.25, 0.3) is 0 Å². The van der Waals surface area contributed by atoms with Crippen LogP contribution >= 0.6 is 7.60 Å². The zero-order chi connectivity index (χ0) is 16.3. The Kier molecular flexibility index (Phi) is 4.86. The van der Waals surface area contributed by atoms with Crippen LogP contribution in [0.3, 0.4) is 0 Å². The Labute approximate surface area is 136 Å². The van der Waals surface area contributed by atoms with Gasteiger partial charge < -0.3 is 13.6 Å². The molecule has 23 heavy (non-hydrogen) atoms. The Morgan fingerprint density at radius 1 is 0.870 bits per heavy atom. The molecule has 0 spiro atoms. The van der Waals surface area contributed by atoms with Gasteiger partial charge >= 0.3 is 7.60 Å². The maximum absolute atomic E-state index is 12.7. The van der Waals surface area contributed by atoms with Crippen molar-refractivity contribution in [2.75, 3.05) is 19.4 Å². The molecule has 0 atom stereocenters. The number of rotatable bonds is 7. The summed E-state index contributed by atoms with van der Waals surface area (Å²) in [7, 11) is -3.04. The van der Waals surface area contributed by atoms with Gasteiger partial charge in [-0.1, -0.05) is 36.4 Å². The van der Waals surface area contributed by atoms with Crippen molar-refractivity contribution in [1.82, 2.24) is 4.57 Å². The first-order valence-electron chi connectivity index (χ1n) is 8.02. The fourth-order valence-corrected chi connectivity index (χ4v) is 4.59. The van der Waals surface area contributed by atoms with Gasteiger partial charge in [0.15, 0.2) is 0 Å². The molecule has 0 saturated heterocycles. The van der Waals surface area contributed by atoms with E-state index in [9.17, 15) is 4.57 Å². The molecule has 0 aliphatic rings. The van der Waals surface area contributed by atoms with Gasteiger partial charge in [-0.05, 0) is 26.0 Å². The van der Waals surface area contributed by atoms with Crippen molar-refractivity contribution in [3.05, 3.63) is 48.5 Å². The molecule has 5 heteroatoms. The number of hydrogen-bond acceptors (Lipinski definition) is 3. The normalized spacial score (nSPS) is 12.3. The summed E-state index contributed by atoms with van der Waals surface area (Å²) in [5.74, 6) is 0. The van der Waals surface area contributed by atoms with Crippen LogP contribution in [0.4, 0.5) is 0 Å². The van der Waals surface area contributed by atoms with Gasteiger partial charge in [0, 0.05) is 28.4 Å². The highest BCUT2D eigenvalue weighted by Gasteiger charge is 2.24. The van der Waals surface area contributed by atoms with Crippen LogP contribution in [0, 0.1) is 0 Å². The van der Waals surface area contributed by atoms with Crippen molar-refractivity contribution >= 4 is 29.4 Å². The van der Waals surface area contributed by atoms with E-state index in [1.54, 1.807) is 0 Å². The Morgan fingerprint density at radius 3 is 1.83 bits per heavy atom. The molecule has 2 aromatic carbocycles. The molecule has 0 aliphatic carbocycles. The van der Waals surface area contributed by atoms with Crippen LogP contribution in [0.1, 0.15) is 13.8 Å². The molecule has 122 valence electrons. The van der Waals surface area contributed by atoms with E-state index in [1.807, 2.05) is 38.1 Å². The van der Waals surface area contributed by atoms with Crippen molar-refractivity contribution in [2.45, 2.75) is 20.4 Å². The molecule has 0 aliphatic heterocycles. The molecule has 0 amide bonds. The minimum Gasteiger partial charge on any atom is -0.340 e. The number of aryl methyl sites for hydroxylation is 1. The van der Waals surface area contributed by atoms with Crippen LogP contribution < -0.4 is 0 Å². The Balaban J connectivity index is 2.00. The second-order valence-electron chi connectivity index (χ2n) is 5.36. The molecule has 4 nitrogen and oxygen atoms in total. The Hall–Kier alpha value is -1.61. The quantitative estimate of drug-likeness (QED) is 0.568. The van der Waals surface area contributed by atoms with Crippen molar-refractivity contribution in [3.63, 3.8) is 0 Å². The van der Waals surface area contributed by atoms with Crippen molar-refractivity contribution < 1.29 is 13.6 Å². The summed E-state index contributed by atoms with van der Waals surface area (Å²) in [5.41, 5.74) is 2.29. The summed E-state index contributed by atoms with van der Waals surface area (Å²) in [6, 6.07) is 16.6. The topological polar surface area (TPSA) is 40.5 Å². The summed E-state index contributed by atoms with van der Waals surface area (Å²) in [4.78, 5) is 0. The van der Waals surface area contributed by atoms with Crippen LogP contribution in [0.15, 0.2) is 48.5 Å². The number of para-hydroxylation sites is 2. The van der Waals surface area contributed by atoms with E-state index in [-0.39, 0.29) is 0 Å². The van der Waals surface area contributed by atoms with E-state index in [0.29, 0.717) is 25.9 Å². The fourth-order valence-electron chi connectivity index (χ4n) is 3.03. The molecule has 3 rings (SSSR count). The van der Waals surface area contributed by atoms with Crippen molar-refractivity contribution in [2.24, 2.45) is 0 Å². The summed E-state index contributed by atoms with van der Waals surface area (Å²) in [6.45, 7) is 5.07. The largest absolute Gasteiger partial charge is 0.340 e. The van der Waals surface area contributed by atoms with E-state index >= 15 is 0 Å². The average Bonchev–Trinajstić information content (AvgIpc) is 2.88. The monoisotopic (exact) mass is 331 g/mol. The molecule has 1 heterocycles. The lowest BCUT2D eigenvalue weighted by molar-refractivity contribution is 0.219. The third-order valence-corrected chi connectivity index (χ3v) is 5.98. The van der Waals surface area contributed by atoms with Crippen LogP contribution in [0.2, 0.25) is 0 Å². The van der Waals surface area contributed by atoms with Crippen LogP contribution in [0.25, 0.3) is 21.8 Å². The first-order valence-corrected chi connectivity index (χ1v) is 9.75. The van der Waals surface area contributed by atoms with Crippen LogP contribution in [0.5, 0.6) is 0 Å². The average molecular weight is 331 g/mol. The smallest absolute Gasteiger partial charge is 0.332 e. The standard InChI is InChI=1S/C18H22NO3P/c1-3-21-23(20,22-4-2)14-13-19-17-11-7-5-9-15(17)16-10-6-8-12-18(16)19/h5-12H,3-4,13-14H2,1-2H3. The van der Waals surface area contributed by atoms with E-state index in [1.165, 1.54) is 10.8 Å². The first-order chi connectivity index (χ1) is 11.2. The highest BCUT2D eigenvalue weighted by molar-refractivity contribution is 7.53. The third-order valence-electron chi connectivity index (χ3n) is 3.93. The summed E-state index contributed by atoms with van der Waals surface area (Å²) < 4.78 is 25.8. The SMILES string of the molecule is CCOP(=O)(CCn1c2ccccc2c2ccccc21)OCC. The van der Waals surface area contributed by atoms with E-state index in [4.69, 9.17) is 9.05 Å². The molecular weight excluding hydrogens is 309 g/mol. The third kappa shape index (κ3) is 3.20. The number of hydrogen-bond donors (Lipinski definition) is 0. The molecule has 0 saturated carbocycles. The van der Waals surface area contributed by atoms with E-state index in [0.717, 1.165) is 11.0 Å². The lowest BCUT2D eigenvalue weighted by Gasteiger charge is -2.18. The van der Waals surface area contributed by atoms with Gasteiger partial charge in [-0.2, -0.15) is 0 Å². The molecule has 0 bridgehead atoms. The molecule has 0 fully saturated rings. The predicted octanol–water partition coefficient (Wildman–Crippen LogP) is 5.06. The second kappa shape index (κ2) is 6.88. The second-order valence-corrected chi connectivity index (χ2v) is 7.54. The first kappa shape index (κ1) is 16.3. The predicted molar refractivity (Wildman–Crippen MR) is 95.2 cm³/mol. The lowest BCUT2D eigenvalue weighted by Crippen LogP contribution is -2.07. The Morgan fingerprint density at radius 2 is 1.35 bits per heavy atom. The molecule has 1 aromatic heterocycles. The lowest BCUT2D eigenvalue weighted by atomic mass is 10.2. The van der Waals surface area contributed by atoms with E-state index < -0.39 is 7.60 Å². The van der Waals surface area contributed by atoms with Crippen LogP contribution in [-0.4, -0.2) is 23.9 Å². The van der Waals surface area contributed by atoms with Gasteiger partial charge in [0.1, 0.15) is 0 Å². The van der Waals surface area contributed by atoms with Gasteiger partial charge in [-0.3, -0.25) is 4.57 Å². The summed E-state index contributed by atoms with van der Waals surface area (Å²) >= 11 is 0. The van der Waals surface area contributed by atoms with Gasteiger partial charge in [0.2, 0.25) is 0 Å². The number of nitrogens with zero attached hydrogens (tertiary/aromatic N) is 1. The molecule has 0 radical (unpaired) electrons. The van der Waals surface area contributed by atoms with Gasteiger partial charge in [-0.15, -0.1) is 0 Å². The van der Waals surface area contributed by atoms with Gasteiger partial charge in [0.05, 0.1) is 19.4 Å².